The van der Waals surface area contributed by atoms with E-state index in [2.05, 4.69) is 0 Å². The second-order valence-electron chi connectivity index (χ2n) is 5.97. The number of esters is 1. The van der Waals surface area contributed by atoms with Crippen molar-refractivity contribution in [2.24, 2.45) is 0 Å². The second-order valence-corrected chi connectivity index (χ2v) is 8.21. The second kappa shape index (κ2) is 9.57. The molecule has 30 heavy (non-hydrogen) atoms. The fourth-order valence-corrected chi connectivity index (χ4v) is 4.53. The highest BCUT2D eigenvalue weighted by molar-refractivity contribution is 7.93. The molecular formula is C19H19ClF3NO5S. The van der Waals surface area contributed by atoms with Crippen LogP contribution in [0, 0.1) is 0 Å². The number of hydrogen-bond donors (Lipinski definition) is 0. The lowest BCUT2D eigenvalue weighted by atomic mass is 10.2. The maximum atomic E-state index is 13.2. The van der Waals surface area contributed by atoms with Crippen molar-refractivity contribution < 1.29 is 35.9 Å². The first kappa shape index (κ1) is 23.8. The SMILES string of the molecule is CCOC(=O)CCN(c1ccc(OC)cc1)S(=O)(=O)c1cc(C(F)(F)F)ccc1Cl. The van der Waals surface area contributed by atoms with E-state index in [-0.39, 0.29) is 30.3 Å². The van der Waals surface area contributed by atoms with Gasteiger partial charge in [0.15, 0.2) is 0 Å². The van der Waals surface area contributed by atoms with Crippen LogP contribution in [0.1, 0.15) is 18.9 Å². The minimum absolute atomic E-state index is 0.105. The largest absolute Gasteiger partial charge is 0.497 e. The molecule has 0 aliphatic rings. The van der Waals surface area contributed by atoms with Crippen LogP contribution < -0.4 is 9.04 Å². The first-order chi connectivity index (χ1) is 14.0. The molecule has 2 rings (SSSR count). The van der Waals surface area contributed by atoms with E-state index >= 15 is 0 Å². The molecule has 0 unspecified atom stereocenters. The molecule has 0 aromatic heterocycles. The van der Waals surface area contributed by atoms with Crippen LogP contribution in [0.3, 0.4) is 0 Å². The molecule has 0 bridgehead atoms. The summed E-state index contributed by atoms with van der Waals surface area (Å²) in [6.07, 6.45) is -5.07. The number of benzene rings is 2. The molecule has 0 atom stereocenters. The fraction of sp³-hybridized carbons (Fsp3) is 0.316. The predicted molar refractivity (Wildman–Crippen MR) is 105 cm³/mol. The molecule has 2 aromatic carbocycles. The first-order valence-electron chi connectivity index (χ1n) is 8.70. The normalized spacial score (nSPS) is 11.8. The summed E-state index contributed by atoms with van der Waals surface area (Å²) in [5.41, 5.74) is -1.04. The van der Waals surface area contributed by atoms with Crippen molar-refractivity contribution >= 4 is 33.3 Å². The molecule has 0 spiro atoms. The smallest absolute Gasteiger partial charge is 0.416 e. The van der Waals surface area contributed by atoms with Gasteiger partial charge < -0.3 is 9.47 Å². The van der Waals surface area contributed by atoms with E-state index < -0.39 is 32.6 Å². The van der Waals surface area contributed by atoms with Gasteiger partial charge in [-0.1, -0.05) is 11.6 Å². The molecule has 0 aliphatic carbocycles. The average molecular weight is 466 g/mol. The van der Waals surface area contributed by atoms with Crippen molar-refractivity contribution in [1.82, 2.24) is 0 Å². The van der Waals surface area contributed by atoms with Gasteiger partial charge in [-0.15, -0.1) is 0 Å². The summed E-state index contributed by atoms with van der Waals surface area (Å²) < 4.78 is 76.5. The number of alkyl halides is 3. The highest BCUT2D eigenvalue weighted by atomic mass is 35.5. The van der Waals surface area contributed by atoms with E-state index in [1.807, 2.05) is 0 Å². The molecule has 0 saturated heterocycles. The lowest BCUT2D eigenvalue weighted by Crippen LogP contribution is -2.33. The monoisotopic (exact) mass is 465 g/mol. The van der Waals surface area contributed by atoms with E-state index in [0.717, 1.165) is 10.4 Å². The molecule has 2 aromatic rings. The van der Waals surface area contributed by atoms with Crippen LogP contribution in [0.2, 0.25) is 5.02 Å². The van der Waals surface area contributed by atoms with Crippen molar-refractivity contribution in [3.05, 3.63) is 53.1 Å². The van der Waals surface area contributed by atoms with Crippen LogP contribution in [-0.4, -0.2) is 34.6 Å². The zero-order valence-corrected chi connectivity index (χ0v) is 17.6. The van der Waals surface area contributed by atoms with E-state index in [1.54, 1.807) is 6.92 Å². The Labute approximate surface area is 177 Å². The summed E-state index contributed by atoms with van der Waals surface area (Å²) in [5.74, 6) is -0.208. The molecule has 0 heterocycles. The standard InChI is InChI=1S/C19H19ClF3NO5S/c1-3-29-18(25)10-11-24(14-5-7-15(28-2)8-6-14)30(26,27)17-12-13(19(21,22)23)4-9-16(17)20/h4-9,12H,3,10-11H2,1-2H3. The van der Waals surface area contributed by atoms with Crippen molar-refractivity contribution in [2.75, 3.05) is 24.6 Å². The number of methoxy groups -OCH3 is 1. The lowest BCUT2D eigenvalue weighted by Gasteiger charge is -2.25. The Hall–Kier alpha value is -2.46. The Bertz CT molecular complexity index is 994. The number of rotatable bonds is 8. The van der Waals surface area contributed by atoms with Gasteiger partial charge in [0.1, 0.15) is 10.6 Å². The summed E-state index contributed by atoms with van der Waals surface area (Å²) in [6, 6.07) is 7.81. The third-order valence-electron chi connectivity index (χ3n) is 4.01. The number of anilines is 1. The van der Waals surface area contributed by atoms with Crippen LogP contribution >= 0.6 is 11.6 Å². The van der Waals surface area contributed by atoms with Gasteiger partial charge >= 0.3 is 12.1 Å². The maximum Gasteiger partial charge on any atom is 0.416 e. The molecule has 11 heteroatoms. The van der Waals surface area contributed by atoms with Gasteiger partial charge in [-0.25, -0.2) is 8.42 Å². The third-order valence-corrected chi connectivity index (χ3v) is 6.32. The highest BCUT2D eigenvalue weighted by Crippen LogP contribution is 2.35. The topological polar surface area (TPSA) is 72.9 Å². The van der Waals surface area contributed by atoms with Gasteiger partial charge in [-0.3, -0.25) is 9.10 Å². The molecule has 0 N–H and O–H groups in total. The fourth-order valence-electron chi connectivity index (χ4n) is 2.56. The Kier molecular flexibility index (Phi) is 7.59. The predicted octanol–water partition coefficient (Wildman–Crippen LogP) is 4.52. The van der Waals surface area contributed by atoms with Crippen molar-refractivity contribution in [3.8, 4) is 5.75 Å². The van der Waals surface area contributed by atoms with Crippen molar-refractivity contribution in [2.45, 2.75) is 24.4 Å². The summed E-state index contributed by atoms with van der Waals surface area (Å²) in [7, 11) is -3.12. The van der Waals surface area contributed by atoms with Crippen molar-refractivity contribution in [3.63, 3.8) is 0 Å². The quantitative estimate of drug-likeness (QED) is 0.536. The minimum atomic E-state index is -4.76. The first-order valence-corrected chi connectivity index (χ1v) is 10.5. The van der Waals surface area contributed by atoms with Crippen LogP contribution in [-0.2, 0) is 25.7 Å². The van der Waals surface area contributed by atoms with Gasteiger partial charge in [-0.05, 0) is 49.4 Å². The Morgan fingerprint density at radius 1 is 1.13 bits per heavy atom. The average Bonchev–Trinajstić information content (AvgIpc) is 2.68. The van der Waals surface area contributed by atoms with Gasteiger partial charge in [-0.2, -0.15) is 13.2 Å². The third kappa shape index (κ3) is 5.57. The van der Waals surface area contributed by atoms with Crippen LogP contribution in [0.5, 0.6) is 5.75 Å². The number of hydrogen-bond acceptors (Lipinski definition) is 5. The van der Waals surface area contributed by atoms with Crippen LogP contribution in [0.15, 0.2) is 47.4 Å². The highest BCUT2D eigenvalue weighted by Gasteiger charge is 2.34. The van der Waals surface area contributed by atoms with E-state index in [1.165, 1.54) is 31.4 Å². The summed E-state index contributed by atoms with van der Waals surface area (Å²) in [4.78, 5) is 11.0. The number of carbonyl (C=O) groups excluding carboxylic acids is 1. The number of sulfonamides is 1. The molecular weight excluding hydrogens is 447 g/mol. The molecule has 0 fully saturated rings. The molecule has 0 saturated carbocycles. The lowest BCUT2D eigenvalue weighted by molar-refractivity contribution is -0.142. The summed E-state index contributed by atoms with van der Waals surface area (Å²) in [6.45, 7) is 1.34. The minimum Gasteiger partial charge on any atom is -0.497 e. The number of nitrogens with zero attached hydrogens (tertiary/aromatic N) is 1. The molecule has 6 nitrogen and oxygen atoms in total. The molecule has 0 aliphatic heterocycles. The van der Waals surface area contributed by atoms with E-state index in [9.17, 15) is 26.4 Å². The summed E-state index contributed by atoms with van der Waals surface area (Å²) in [5, 5.41) is -0.377. The van der Waals surface area contributed by atoms with Gasteiger partial charge in [0.25, 0.3) is 10.0 Å². The maximum absolute atomic E-state index is 13.2. The van der Waals surface area contributed by atoms with Crippen LogP contribution in [0.25, 0.3) is 0 Å². The zero-order chi connectivity index (χ0) is 22.5. The van der Waals surface area contributed by atoms with Crippen molar-refractivity contribution in [1.29, 1.82) is 0 Å². The molecule has 0 radical (unpaired) electrons. The number of halogens is 4. The van der Waals surface area contributed by atoms with E-state index in [0.29, 0.717) is 17.9 Å². The van der Waals surface area contributed by atoms with Gasteiger partial charge in [0.05, 0.1) is 36.4 Å². The van der Waals surface area contributed by atoms with Crippen LogP contribution in [0.4, 0.5) is 18.9 Å². The Balaban J connectivity index is 2.53. The van der Waals surface area contributed by atoms with Gasteiger partial charge in [0.2, 0.25) is 0 Å². The number of carbonyl (C=O) groups is 1. The number of ether oxygens (including phenoxy) is 2. The Morgan fingerprint density at radius 3 is 2.30 bits per heavy atom. The Morgan fingerprint density at radius 2 is 1.77 bits per heavy atom. The summed E-state index contributed by atoms with van der Waals surface area (Å²) >= 11 is 5.94. The van der Waals surface area contributed by atoms with E-state index in [4.69, 9.17) is 21.1 Å². The zero-order valence-electron chi connectivity index (χ0n) is 16.1. The molecule has 164 valence electrons. The van der Waals surface area contributed by atoms with Gasteiger partial charge in [0, 0.05) is 6.54 Å². The molecule has 0 amide bonds.